The van der Waals surface area contributed by atoms with E-state index < -0.39 is 5.60 Å². The van der Waals surface area contributed by atoms with Gasteiger partial charge in [0.05, 0.1) is 23.8 Å². The van der Waals surface area contributed by atoms with Gasteiger partial charge in [0.1, 0.15) is 5.60 Å². The number of nitrogens with one attached hydrogen (secondary N) is 2. The molecule has 0 saturated heterocycles. The maximum atomic E-state index is 10.7. The van der Waals surface area contributed by atoms with E-state index >= 15 is 0 Å². The molecule has 3 rings (SSSR count). The fourth-order valence-electron chi connectivity index (χ4n) is 2.86. The number of benzene rings is 1. The third-order valence-corrected chi connectivity index (χ3v) is 6.55. The molecule has 3 N–H and O–H groups in total. The fourth-order valence-corrected chi connectivity index (χ4v) is 4.44. The lowest BCUT2D eigenvalue weighted by atomic mass is 10.1. The second-order valence-corrected chi connectivity index (χ2v) is 8.91. The predicted octanol–water partition coefficient (Wildman–Crippen LogP) is 3.95. The molecule has 0 aliphatic rings. The summed E-state index contributed by atoms with van der Waals surface area (Å²) < 4.78 is 0. The molecule has 154 valence electrons. The molecule has 2 heterocycles. The van der Waals surface area contributed by atoms with Crippen molar-refractivity contribution in [1.29, 1.82) is 0 Å². The molecule has 1 unspecified atom stereocenters. The molecule has 2 aromatic heterocycles. The zero-order chi connectivity index (χ0) is 20.5. The Hall–Kier alpha value is -2.22. The molecule has 0 aliphatic heterocycles. The second-order valence-electron chi connectivity index (χ2n) is 7.02. The summed E-state index contributed by atoms with van der Waals surface area (Å²) in [4.78, 5) is 10.3. The van der Waals surface area contributed by atoms with Crippen molar-refractivity contribution in [1.82, 2.24) is 15.6 Å². The van der Waals surface area contributed by atoms with Crippen molar-refractivity contribution in [2.24, 2.45) is 4.99 Å². The molecule has 0 saturated carbocycles. The van der Waals surface area contributed by atoms with Crippen molar-refractivity contribution in [3.8, 4) is 0 Å². The van der Waals surface area contributed by atoms with Gasteiger partial charge in [-0.1, -0.05) is 36.4 Å². The number of nitrogens with zero attached hydrogens (tertiary/aromatic N) is 2. The maximum absolute atomic E-state index is 10.7. The first-order valence-corrected chi connectivity index (χ1v) is 11.6. The van der Waals surface area contributed by atoms with Crippen molar-refractivity contribution in [3.05, 3.63) is 74.4 Å². The molecule has 0 amide bonds. The summed E-state index contributed by atoms with van der Waals surface area (Å²) in [6, 6.07) is 14.4. The van der Waals surface area contributed by atoms with Gasteiger partial charge in [0.2, 0.25) is 0 Å². The molecule has 7 heteroatoms. The van der Waals surface area contributed by atoms with Crippen LogP contribution in [0.25, 0.3) is 0 Å². The summed E-state index contributed by atoms with van der Waals surface area (Å²) in [6.45, 7) is 5.50. The van der Waals surface area contributed by atoms with E-state index in [0.717, 1.165) is 35.0 Å². The minimum atomic E-state index is -0.935. The van der Waals surface area contributed by atoms with Crippen molar-refractivity contribution in [2.45, 2.75) is 38.8 Å². The summed E-state index contributed by atoms with van der Waals surface area (Å²) >= 11 is 3.24. The van der Waals surface area contributed by atoms with Crippen molar-refractivity contribution >= 4 is 28.6 Å². The topological polar surface area (TPSA) is 69.5 Å². The first-order valence-electron chi connectivity index (χ1n) is 9.82. The summed E-state index contributed by atoms with van der Waals surface area (Å²) in [7, 11) is 0. The monoisotopic (exact) mass is 428 g/mol. The van der Waals surface area contributed by atoms with Crippen LogP contribution in [0.1, 0.15) is 35.0 Å². The third kappa shape index (κ3) is 6.66. The number of rotatable bonds is 9. The Labute approximate surface area is 180 Å². The van der Waals surface area contributed by atoms with Gasteiger partial charge < -0.3 is 15.7 Å². The largest absolute Gasteiger partial charge is 0.383 e. The first-order chi connectivity index (χ1) is 14.1. The second kappa shape index (κ2) is 10.5. The van der Waals surface area contributed by atoms with Gasteiger partial charge >= 0.3 is 0 Å². The highest BCUT2D eigenvalue weighted by Gasteiger charge is 2.24. The summed E-state index contributed by atoms with van der Waals surface area (Å²) in [5, 5.41) is 22.4. The zero-order valence-corrected chi connectivity index (χ0v) is 18.5. The van der Waals surface area contributed by atoms with Gasteiger partial charge in [-0.15, -0.1) is 22.7 Å². The molecular formula is C22H28N4OS2. The lowest BCUT2D eigenvalue weighted by Crippen LogP contribution is -2.44. The molecule has 1 aromatic carbocycles. The number of guanidine groups is 1. The van der Waals surface area contributed by atoms with E-state index in [1.165, 1.54) is 5.56 Å². The molecule has 0 spiro atoms. The molecule has 5 nitrogen and oxygen atoms in total. The number of thiophene rings is 1. The van der Waals surface area contributed by atoms with Gasteiger partial charge in [-0.05, 0) is 37.3 Å². The Morgan fingerprint density at radius 2 is 1.93 bits per heavy atom. The van der Waals surface area contributed by atoms with E-state index in [2.05, 4.69) is 45.3 Å². The standard InChI is InChI=1S/C22H28N4OS2/c1-3-23-21(25-16-22(2,27)19-10-7-13-28-19)24-14-18-15-29-20(26-18)12-11-17-8-5-4-6-9-17/h4-10,13,15,27H,3,11-12,14,16H2,1-2H3,(H2,23,24,25). The maximum Gasteiger partial charge on any atom is 0.191 e. The predicted molar refractivity (Wildman–Crippen MR) is 123 cm³/mol. The molecule has 0 bridgehead atoms. The van der Waals surface area contributed by atoms with Gasteiger partial charge in [0.25, 0.3) is 0 Å². The van der Waals surface area contributed by atoms with Gasteiger partial charge in [-0.2, -0.15) is 0 Å². The normalized spacial score (nSPS) is 13.8. The summed E-state index contributed by atoms with van der Waals surface area (Å²) in [6.07, 6.45) is 1.94. The SMILES string of the molecule is CCNC(=NCc1csc(CCc2ccccc2)n1)NCC(C)(O)c1cccs1. The molecule has 0 radical (unpaired) electrons. The Morgan fingerprint density at radius 3 is 2.66 bits per heavy atom. The average Bonchev–Trinajstić information content (AvgIpc) is 3.42. The Morgan fingerprint density at radius 1 is 1.10 bits per heavy atom. The van der Waals surface area contributed by atoms with Crippen LogP contribution < -0.4 is 10.6 Å². The Balaban J connectivity index is 1.54. The van der Waals surface area contributed by atoms with Crippen LogP contribution in [-0.4, -0.2) is 29.1 Å². The minimum absolute atomic E-state index is 0.388. The van der Waals surface area contributed by atoms with Crippen LogP contribution in [0.2, 0.25) is 0 Å². The third-order valence-electron chi connectivity index (χ3n) is 4.47. The Kier molecular flexibility index (Phi) is 7.80. The molecule has 0 aliphatic carbocycles. The van der Waals surface area contributed by atoms with Crippen LogP contribution in [-0.2, 0) is 25.0 Å². The smallest absolute Gasteiger partial charge is 0.191 e. The van der Waals surface area contributed by atoms with E-state index in [-0.39, 0.29) is 0 Å². The summed E-state index contributed by atoms with van der Waals surface area (Å²) in [5.41, 5.74) is 1.37. The summed E-state index contributed by atoms with van der Waals surface area (Å²) in [5.74, 6) is 0.683. The molecule has 0 fully saturated rings. The number of aromatic nitrogens is 1. The van der Waals surface area contributed by atoms with E-state index in [9.17, 15) is 5.11 Å². The molecular weight excluding hydrogens is 400 g/mol. The lowest BCUT2D eigenvalue weighted by molar-refractivity contribution is 0.0655. The highest BCUT2D eigenvalue weighted by molar-refractivity contribution is 7.10. The van der Waals surface area contributed by atoms with Crippen LogP contribution in [0.4, 0.5) is 0 Å². The fraction of sp³-hybridized carbons (Fsp3) is 0.364. The van der Waals surface area contributed by atoms with Crippen LogP contribution in [0, 0.1) is 0 Å². The molecule has 3 aromatic rings. The number of aliphatic imine (C=N–C) groups is 1. The van der Waals surface area contributed by atoms with Crippen molar-refractivity contribution in [2.75, 3.05) is 13.1 Å². The minimum Gasteiger partial charge on any atom is -0.383 e. The number of aliphatic hydroxyl groups is 1. The average molecular weight is 429 g/mol. The van der Waals surface area contributed by atoms with E-state index in [0.29, 0.717) is 19.0 Å². The van der Waals surface area contributed by atoms with E-state index in [1.807, 2.05) is 37.4 Å². The van der Waals surface area contributed by atoms with Crippen molar-refractivity contribution in [3.63, 3.8) is 0 Å². The van der Waals surface area contributed by atoms with E-state index in [1.54, 1.807) is 22.7 Å². The van der Waals surface area contributed by atoms with Crippen LogP contribution >= 0.6 is 22.7 Å². The Bertz CT molecular complexity index is 889. The molecule has 29 heavy (non-hydrogen) atoms. The van der Waals surface area contributed by atoms with Crippen LogP contribution in [0.3, 0.4) is 0 Å². The lowest BCUT2D eigenvalue weighted by Gasteiger charge is -2.23. The number of thiazole rings is 1. The highest BCUT2D eigenvalue weighted by Crippen LogP contribution is 2.24. The zero-order valence-electron chi connectivity index (χ0n) is 16.9. The van der Waals surface area contributed by atoms with Gasteiger partial charge in [-0.3, -0.25) is 0 Å². The number of hydrogen-bond donors (Lipinski definition) is 3. The highest BCUT2D eigenvalue weighted by atomic mass is 32.1. The van der Waals surface area contributed by atoms with E-state index in [4.69, 9.17) is 4.98 Å². The van der Waals surface area contributed by atoms with Gasteiger partial charge in [0.15, 0.2) is 5.96 Å². The van der Waals surface area contributed by atoms with Crippen LogP contribution in [0.5, 0.6) is 0 Å². The van der Waals surface area contributed by atoms with Gasteiger partial charge in [0, 0.05) is 23.2 Å². The quantitative estimate of drug-likeness (QED) is 0.356. The van der Waals surface area contributed by atoms with Crippen molar-refractivity contribution < 1.29 is 5.11 Å². The number of hydrogen-bond acceptors (Lipinski definition) is 5. The van der Waals surface area contributed by atoms with Gasteiger partial charge in [-0.25, -0.2) is 9.98 Å². The molecule has 1 atom stereocenters. The van der Waals surface area contributed by atoms with Crippen LogP contribution in [0.15, 0.2) is 58.2 Å². The number of aryl methyl sites for hydroxylation is 2. The first kappa shape index (κ1) is 21.5.